The van der Waals surface area contributed by atoms with Gasteiger partial charge in [0.1, 0.15) is 11.4 Å². The van der Waals surface area contributed by atoms with E-state index >= 15 is 0 Å². The lowest BCUT2D eigenvalue weighted by Crippen LogP contribution is -2.67. The number of fused-ring (bicyclic) bond motifs is 1. The highest BCUT2D eigenvalue weighted by Crippen LogP contribution is 2.39. The lowest BCUT2D eigenvalue weighted by molar-refractivity contribution is -0.176. The Morgan fingerprint density at radius 3 is 2.41 bits per heavy atom. The Labute approximate surface area is 228 Å². The molecule has 0 bridgehead atoms. The second-order valence-electron chi connectivity index (χ2n) is 11.2. The fourth-order valence-electron chi connectivity index (χ4n) is 6.02. The number of amides is 1. The summed E-state index contributed by atoms with van der Waals surface area (Å²) < 4.78 is 11.1. The van der Waals surface area contributed by atoms with E-state index < -0.39 is 0 Å². The van der Waals surface area contributed by atoms with Crippen molar-refractivity contribution in [1.29, 1.82) is 0 Å². The van der Waals surface area contributed by atoms with Crippen LogP contribution in [-0.4, -0.2) is 92.3 Å². The molecule has 8 heteroatoms. The number of nitrogens with one attached hydrogen (secondary N) is 1. The highest BCUT2D eigenvalue weighted by Gasteiger charge is 2.50. The Morgan fingerprint density at radius 2 is 1.72 bits per heavy atom. The fourth-order valence-corrected chi connectivity index (χ4v) is 6.02. The first kappa shape index (κ1) is 24.2. The Hall–Kier alpha value is -3.88. The van der Waals surface area contributed by atoms with Gasteiger partial charge in [-0.3, -0.25) is 4.79 Å². The molecule has 5 heterocycles. The van der Waals surface area contributed by atoms with E-state index in [1.165, 1.54) is 0 Å². The van der Waals surface area contributed by atoms with Gasteiger partial charge in [0.05, 0.1) is 31.4 Å². The molecule has 1 N–H and O–H groups in total. The number of likely N-dealkylation sites (tertiary alicyclic amines) is 1. The molecule has 3 aliphatic rings. The molecular formula is C31H33N5O3. The van der Waals surface area contributed by atoms with E-state index in [-0.39, 0.29) is 11.3 Å². The Balaban J connectivity index is 1.14. The van der Waals surface area contributed by atoms with Crippen LogP contribution in [0.3, 0.4) is 0 Å². The quantitative estimate of drug-likeness (QED) is 0.424. The molecule has 200 valence electrons. The van der Waals surface area contributed by atoms with Crippen LogP contribution < -0.4 is 9.64 Å². The molecule has 3 aliphatic heterocycles. The molecule has 1 amide bonds. The fraction of sp³-hybridized carbons (Fsp3) is 0.355. The van der Waals surface area contributed by atoms with Gasteiger partial charge in [-0.2, -0.15) is 0 Å². The monoisotopic (exact) mass is 523 g/mol. The van der Waals surface area contributed by atoms with Crippen LogP contribution in [0.1, 0.15) is 10.4 Å². The Bertz CT molecular complexity index is 1530. The van der Waals surface area contributed by atoms with Crippen molar-refractivity contribution in [1.82, 2.24) is 19.8 Å². The number of rotatable bonds is 5. The number of hydrogen-bond acceptors (Lipinski definition) is 6. The number of H-pyrrole nitrogens is 1. The molecule has 2 aromatic carbocycles. The van der Waals surface area contributed by atoms with E-state index in [4.69, 9.17) is 14.5 Å². The van der Waals surface area contributed by atoms with Crippen molar-refractivity contribution in [2.75, 3.05) is 71.5 Å². The van der Waals surface area contributed by atoms with Crippen LogP contribution in [0.5, 0.6) is 5.75 Å². The normalized spacial score (nSPS) is 18.7. The first-order valence-corrected chi connectivity index (χ1v) is 13.6. The van der Waals surface area contributed by atoms with Crippen LogP contribution in [0.25, 0.3) is 33.3 Å². The summed E-state index contributed by atoms with van der Waals surface area (Å²) >= 11 is 0. The molecule has 0 saturated carbocycles. The van der Waals surface area contributed by atoms with E-state index in [9.17, 15) is 4.79 Å². The molecule has 1 spiro atoms. The minimum absolute atomic E-state index is 0.0934. The van der Waals surface area contributed by atoms with Crippen LogP contribution in [-0.2, 0) is 4.74 Å². The molecule has 3 fully saturated rings. The molecule has 2 aromatic heterocycles. The van der Waals surface area contributed by atoms with Crippen LogP contribution in [0, 0.1) is 5.41 Å². The van der Waals surface area contributed by atoms with E-state index in [1.54, 1.807) is 7.11 Å². The van der Waals surface area contributed by atoms with Gasteiger partial charge in [0.25, 0.3) is 5.91 Å². The standard InChI is InChI=1S/C31H33N5O3/c1-34-9-11-35(12-10-34)27-8-7-23(14-28(27)38-2)24-13-25-26(16-33-29(25)32-15-24)21-3-5-22(6-4-21)30(37)36-17-31(18-36)19-39-20-31/h3-8,13-16H,9-12,17-20H2,1-2H3,(H,32,33). The van der Waals surface area contributed by atoms with Gasteiger partial charge >= 0.3 is 0 Å². The van der Waals surface area contributed by atoms with Crippen molar-refractivity contribution < 1.29 is 14.3 Å². The van der Waals surface area contributed by atoms with Crippen molar-refractivity contribution in [2.45, 2.75) is 0 Å². The van der Waals surface area contributed by atoms with E-state index in [0.717, 1.165) is 103 Å². The lowest BCUT2D eigenvalue weighted by Gasteiger charge is -2.54. The summed E-state index contributed by atoms with van der Waals surface area (Å²) in [6, 6.07) is 16.5. The number of carbonyl (C=O) groups excluding carboxylic acids is 1. The number of methoxy groups -OCH3 is 1. The number of benzene rings is 2. The Kier molecular flexibility index (Phi) is 5.82. The molecule has 8 nitrogen and oxygen atoms in total. The van der Waals surface area contributed by atoms with E-state index in [1.807, 2.05) is 41.6 Å². The maximum Gasteiger partial charge on any atom is 0.253 e. The number of piperazine rings is 1. The van der Waals surface area contributed by atoms with Crippen molar-refractivity contribution >= 4 is 22.6 Å². The lowest BCUT2D eigenvalue weighted by atomic mass is 9.78. The highest BCUT2D eigenvalue weighted by molar-refractivity contribution is 5.98. The molecule has 0 atom stereocenters. The summed E-state index contributed by atoms with van der Waals surface area (Å²) in [6.07, 6.45) is 3.90. The van der Waals surface area contributed by atoms with Crippen molar-refractivity contribution in [3.63, 3.8) is 0 Å². The number of ether oxygens (including phenoxy) is 2. The number of carbonyl (C=O) groups is 1. The summed E-state index contributed by atoms with van der Waals surface area (Å²) in [5, 5.41) is 1.04. The minimum Gasteiger partial charge on any atom is -0.495 e. The maximum absolute atomic E-state index is 12.9. The van der Waals surface area contributed by atoms with Crippen molar-refractivity contribution in [3.05, 3.63) is 66.5 Å². The SMILES string of the molecule is COc1cc(-c2cnc3[nH]cc(-c4ccc(C(=O)N5CC6(COC6)C5)cc4)c3c2)ccc1N1CCN(C)CC1. The maximum atomic E-state index is 12.9. The molecular weight excluding hydrogens is 490 g/mol. The average Bonchev–Trinajstić information content (AvgIpc) is 3.35. The largest absolute Gasteiger partial charge is 0.495 e. The predicted molar refractivity (Wildman–Crippen MR) is 152 cm³/mol. The van der Waals surface area contributed by atoms with Crippen LogP contribution in [0.2, 0.25) is 0 Å². The third-order valence-electron chi connectivity index (χ3n) is 8.49. The average molecular weight is 524 g/mol. The van der Waals surface area contributed by atoms with Crippen LogP contribution >= 0.6 is 0 Å². The molecule has 0 radical (unpaired) electrons. The zero-order valence-electron chi connectivity index (χ0n) is 22.4. The van der Waals surface area contributed by atoms with Crippen molar-refractivity contribution in [3.8, 4) is 28.0 Å². The summed E-state index contributed by atoms with van der Waals surface area (Å²) in [6.45, 7) is 7.22. The molecule has 3 saturated heterocycles. The number of pyridine rings is 1. The van der Waals surface area contributed by atoms with Gasteiger partial charge in [-0.05, 0) is 48.5 Å². The molecule has 0 aliphatic carbocycles. The van der Waals surface area contributed by atoms with E-state index in [2.05, 4.69) is 46.1 Å². The molecule has 7 rings (SSSR count). The molecule has 39 heavy (non-hydrogen) atoms. The minimum atomic E-state index is 0.0934. The molecule has 4 aromatic rings. The molecule has 0 unspecified atom stereocenters. The number of anilines is 1. The number of likely N-dealkylation sites (N-methyl/N-ethyl adjacent to an activating group) is 1. The van der Waals surface area contributed by atoms with Gasteiger partial charge in [-0.1, -0.05) is 18.2 Å². The van der Waals surface area contributed by atoms with Crippen LogP contribution in [0.15, 0.2) is 60.9 Å². The first-order chi connectivity index (χ1) is 19.0. The topological polar surface area (TPSA) is 73.9 Å². The number of hydrogen-bond donors (Lipinski definition) is 1. The third-order valence-corrected chi connectivity index (χ3v) is 8.49. The van der Waals surface area contributed by atoms with Gasteiger partial charge in [0.15, 0.2) is 0 Å². The summed E-state index contributed by atoms with van der Waals surface area (Å²) in [7, 11) is 3.90. The first-order valence-electron chi connectivity index (χ1n) is 13.6. The second kappa shape index (κ2) is 9.39. The van der Waals surface area contributed by atoms with Gasteiger partial charge in [-0.25, -0.2) is 4.98 Å². The summed E-state index contributed by atoms with van der Waals surface area (Å²) in [5.41, 5.74) is 7.13. The van der Waals surface area contributed by atoms with Crippen LogP contribution in [0.4, 0.5) is 5.69 Å². The number of aromatic amines is 1. The van der Waals surface area contributed by atoms with Gasteiger partial charge in [0.2, 0.25) is 0 Å². The predicted octanol–water partition coefficient (Wildman–Crippen LogP) is 4.13. The number of aromatic nitrogens is 2. The second-order valence-corrected chi connectivity index (χ2v) is 11.2. The smallest absolute Gasteiger partial charge is 0.253 e. The zero-order valence-corrected chi connectivity index (χ0v) is 22.4. The van der Waals surface area contributed by atoms with Crippen molar-refractivity contribution in [2.24, 2.45) is 5.41 Å². The number of nitrogens with zero attached hydrogens (tertiary/aromatic N) is 4. The van der Waals surface area contributed by atoms with Gasteiger partial charge in [0, 0.05) is 73.7 Å². The Morgan fingerprint density at radius 1 is 0.974 bits per heavy atom. The highest BCUT2D eigenvalue weighted by atomic mass is 16.5. The summed E-state index contributed by atoms with van der Waals surface area (Å²) in [5.74, 6) is 0.973. The zero-order chi connectivity index (χ0) is 26.6. The van der Waals surface area contributed by atoms with E-state index in [0.29, 0.717) is 0 Å². The van der Waals surface area contributed by atoms with Gasteiger partial charge in [-0.15, -0.1) is 0 Å². The summed E-state index contributed by atoms with van der Waals surface area (Å²) in [4.78, 5) is 27.6. The van der Waals surface area contributed by atoms with Gasteiger partial charge < -0.3 is 29.2 Å². The third kappa shape index (κ3) is 4.24.